The van der Waals surface area contributed by atoms with Crippen LogP contribution in [0.15, 0.2) is 0 Å². The molecule has 0 aromatic carbocycles. The Kier molecular flexibility index (Phi) is 3.55. The molecule has 0 N–H and O–H groups in total. The maximum absolute atomic E-state index is 8.77. The molecule has 0 saturated carbocycles. The van der Waals surface area contributed by atoms with Crippen molar-refractivity contribution in [2.24, 2.45) is 11.8 Å². The number of hydrogen-bond donors (Lipinski definition) is 0. The van der Waals surface area contributed by atoms with Crippen LogP contribution in [-0.2, 0) is 0 Å². The summed E-state index contributed by atoms with van der Waals surface area (Å²) in [5.74, 6) is 1.01. The molecule has 0 amide bonds. The van der Waals surface area contributed by atoms with E-state index in [1.54, 1.807) is 0 Å². The second kappa shape index (κ2) is 4.47. The molecule has 12 heavy (non-hydrogen) atoms. The summed E-state index contributed by atoms with van der Waals surface area (Å²) < 4.78 is 0. The van der Waals surface area contributed by atoms with Crippen LogP contribution in [0.4, 0.5) is 0 Å². The first-order valence-corrected chi connectivity index (χ1v) is 4.84. The fraction of sp³-hybridized carbons (Fsp3) is 0.900. The number of likely N-dealkylation sites (tertiary alicyclic amines) is 1. The molecule has 0 aromatic heterocycles. The molecule has 2 heteroatoms. The molecule has 1 aliphatic heterocycles. The van der Waals surface area contributed by atoms with E-state index in [9.17, 15) is 0 Å². The summed E-state index contributed by atoms with van der Waals surface area (Å²) in [5, 5.41) is 8.77. The summed E-state index contributed by atoms with van der Waals surface area (Å²) in [4.78, 5) is 2.42. The average Bonchev–Trinajstić information content (AvgIpc) is 2.03. The molecule has 0 aliphatic carbocycles. The number of hydrogen-bond acceptors (Lipinski definition) is 2. The number of nitriles is 1. The van der Waals surface area contributed by atoms with Gasteiger partial charge in [0.1, 0.15) is 0 Å². The maximum Gasteiger partial charge on any atom is 0.0669 e. The van der Waals surface area contributed by atoms with Crippen molar-refractivity contribution in [1.29, 1.82) is 5.26 Å². The van der Waals surface area contributed by atoms with Crippen molar-refractivity contribution in [2.45, 2.75) is 26.7 Å². The van der Waals surface area contributed by atoms with Crippen molar-refractivity contribution in [3.05, 3.63) is 0 Å². The van der Waals surface area contributed by atoms with Crippen molar-refractivity contribution in [2.75, 3.05) is 19.6 Å². The third-order valence-electron chi connectivity index (χ3n) is 2.31. The third-order valence-corrected chi connectivity index (χ3v) is 2.31. The van der Waals surface area contributed by atoms with Gasteiger partial charge in [-0.2, -0.15) is 5.26 Å². The van der Waals surface area contributed by atoms with Gasteiger partial charge in [0.25, 0.3) is 0 Å². The lowest BCUT2D eigenvalue weighted by Crippen LogP contribution is -2.37. The zero-order valence-electron chi connectivity index (χ0n) is 8.08. The summed E-state index contributed by atoms with van der Waals surface area (Å²) in [6.45, 7) is 7.80. The minimum atomic E-state index is 0.289. The Labute approximate surface area is 75.2 Å². The highest BCUT2D eigenvalue weighted by Gasteiger charge is 2.19. The van der Waals surface area contributed by atoms with Gasteiger partial charge in [-0.25, -0.2) is 0 Å². The quantitative estimate of drug-likeness (QED) is 0.626. The first-order chi connectivity index (χ1) is 5.72. The minimum absolute atomic E-state index is 0.289. The Morgan fingerprint density at radius 3 is 2.92 bits per heavy atom. The highest BCUT2D eigenvalue weighted by atomic mass is 15.1. The van der Waals surface area contributed by atoms with Crippen molar-refractivity contribution < 1.29 is 0 Å². The second-order valence-corrected chi connectivity index (χ2v) is 4.12. The zero-order chi connectivity index (χ0) is 8.97. The van der Waals surface area contributed by atoms with Gasteiger partial charge in [-0.15, -0.1) is 0 Å². The maximum atomic E-state index is 8.77. The minimum Gasteiger partial charge on any atom is -0.302 e. The van der Waals surface area contributed by atoms with Crippen LogP contribution >= 0.6 is 0 Å². The van der Waals surface area contributed by atoms with Gasteiger partial charge in [-0.1, -0.05) is 13.8 Å². The molecular weight excluding hydrogens is 148 g/mol. The fourth-order valence-electron chi connectivity index (χ4n) is 1.84. The van der Waals surface area contributed by atoms with Crippen LogP contribution in [0.25, 0.3) is 0 Å². The van der Waals surface area contributed by atoms with Gasteiger partial charge in [0.2, 0.25) is 0 Å². The lowest BCUT2D eigenvalue weighted by molar-refractivity contribution is 0.180. The highest BCUT2D eigenvalue weighted by molar-refractivity contribution is 4.88. The molecule has 0 spiro atoms. The highest BCUT2D eigenvalue weighted by Crippen LogP contribution is 2.16. The monoisotopic (exact) mass is 166 g/mol. The predicted molar refractivity (Wildman–Crippen MR) is 49.6 cm³/mol. The summed E-state index contributed by atoms with van der Waals surface area (Å²) >= 11 is 0. The number of nitrogens with zero attached hydrogens (tertiary/aromatic N) is 2. The Bertz CT molecular complexity index is 169. The molecule has 1 saturated heterocycles. The molecule has 0 unspecified atom stereocenters. The lowest BCUT2D eigenvalue weighted by Gasteiger charge is -2.30. The van der Waals surface area contributed by atoms with Crippen LogP contribution in [0.1, 0.15) is 26.7 Å². The molecule has 68 valence electrons. The number of rotatable bonds is 2. The number of piperidine rings is 1. The van der Waals surface area contributed by atoms with E-state index in [0.29, 0.717) is 0 Å². The van der Waals surface area contributed by atoms with Gasteiger partial charge in [0.15, 0.2) is 0 Å². The first kappa shape index (κ1) is 9.54. The van der Waals surface area contributed by atoms with Gasteiger partial charge in [-0.05, 0) is 25.3 Å². The first-order valence-electron chi connectivity index (χ1n) is 4.84. The van der Waals surface area contributed by atoms with Gasteiger partial charge in [-0.3, -0.25) is 0 Å². The van der Waals surface area contributed by atoms with Gasteiger partial charge in [0.05, 0.1) is 12.0 Å². The standard InChI is InChI=1S/C10H18N2/c1-9(2)7-12-5-3-4-10(6-11)8-12/h9-10H,3-5,7-8H2,1-2H3/t10-/m0/s1. The van der Waals surface area contributed by atoms with Crippen molar-refractivity contribution in [1.82, 2.24) is 4.90 Å². The van der Waals surface area contributed by atoms with Gasteiger partial charge in [0, 0.05) is 13.1 Å². The Balaban J connectivity index is 2.32. The van der Waals surface area contributed by atoms with Crippen LogP contribution in [0.2, 0.25) is 0 Å². The summed E-state index contributed by atoms with van der Waals surface area (Å²) in [6.07, 6.45) is 2.30. The van der Waals surface area contributed by atoms with E-state index in [1.807, 2.05) is 0 Å². The Morgan fingerprint density at radius 2 is 2.33 bits per heavy atom. The molecular formula is C10H18N2. The van der Waals surface area contributed by atoms with E-state index < -0.39 is 0 Å². The summed E-state index contributed by atoms with van der Waals surface area (Å²) in [5.41, 5.74) is 0. The molecule has 1 heterocycles. The van der Waals surface area contributed by atoms with Crippen molar-refractivity contribution >= 4 is 0 Å². The van der Waals surface area contributed by atoms with Crippen LogP contribution in [-0.4, -0.2) is 24.5 Å². The molecule has 0 bridgehead atoms. The van der Waals surface area contributed by atoms with Crippen molar-refractivity contribution in [3.8, 4) is 6.07 Å². The van der Waals surface area contributed by atoms with E-state index in [1.165, 1.54) is 13.0 Å². The predicted octanol–water partition coefficient (Wildman–Crippen LogP) is 1.88. The van der Waals surface area contributed by atoms with Crippen LogP contribution in [0.5, 0.6) is 0 Å². The Morgan fingerprint density at radius 1 is 1.58 bits per heavy atom. The molecule has 0 radical (unpaired) electrons. The summed E-state index contributed by atoms with van der Waals surface area (Å²) in [6, 6.07) is 2.37. The molecule has 1 rings (SSSR count). The van der Waals surface area contributed by atoms with Crippen LogP contribution in [0, 0.1) is 23.2 Å². The molecule has 0 aromatic rings. The molecule has 1 fully saturated rings. The van der Waals surface area contributed by atoms with E-state index in [0.717, 1.165) is 25.4 Å². The zero-order valence-corrected chi connectivity index (χ0v) is 8.08. The molecule has 1 atom stereocenters. The van der Waals surface area contributed by atoms with E-state index in [4.69, 9.17) is 5.26 Å². The van der Waals surface area contributed by atoms with Gasteiger partial charge >= 0.3 is 0 Å². The smallest absolute Gasteiger partial charge is 0.0669 e. The van der Waals surface area contributed by atoms with Crippen molar-refractivity contribution in [3.63, 3.8) is 0 Å². The van der Waals surface area contributed by atoms with E-state index in [-0.39, 0.29) is 5.92 Å². The van der Waals surface area contributed by atoms with Crippen LogP contribution in [0.3, 0.4) is 0 Å². The topological polar surface area (TPSA) is 27.0 Å². The van der Waals surface area contributed by atoms with E-state index >= 15 is 0 Å². The Hall–Kier alpha value is -0.550. The SMILES string of the molecule is CC(C)CN1CCC[C@@H](C#N)C1. The third kappa shape index (κ3) is 2.83. The normalized spacial score (nSPS) is 25.7. The average molecular weight is 166 g/mol. The fourth-order valence-corrected chi connectivity index (χ4v) is 1.84. The largest absolute Gasteiger partial charge is 0.302 e. The lowest BCUT2D eigenvalue weighted by atomic mass is 9.99. The second-order valence-electron chi connectivity index (χ2n) is 4.12. The molecule has 2 nitrogen and oxygen atoms in total. The van der Waals surface area contributed by atoms with Gasteiger partial charge < -0.3 is 4.90 Å². The van der Waals surface area contributed by atoms with Crippen LogP contribution < -0.4 is 0 Å². The molecule has 1 aliphatic rings. The van der Waals surface area contributed by atoms with E-state index in [2.05, 4.69) is 24.8 Å². The summed E-state index contributed by atoms with van der Waals surface area (Å²) in [7, 11) is 0.